The minimum absolute atomic E-state index is 0.183. The van der Waals surface area contributed by atoms with Crippen molar-refractivity contribution in [3.63, 3.8) is 0 Å². The van der Waals surface area contributed by atoms with Gasteiger partial charge in [0.2, 0.25) is 5.43 Å². The van der Waals surface area contributed by atoms with Gasteiger partial charge in [-0.2, -0.15) is 10.2 Å². The van der Waals surface area contributed by atoms with Crippen molar-refractivity contribution in [1.29, 1.82) is 0 Å². The molecule has 1 N–H and O–H groups in total. The largest absolute Gasteiger partial charge is 0.319 e. The fraction of sp³-hybridized carbons (Fsp3) is 0.150. The summed E-state index contributed by atoms with van der Waals surface area (Å²) in [7, 11) is 1.81. The molecule has 0 radical (unpaired) electrons. The maximum atomic E-state index is 12.7. The highest BCUT2D eigenvalue weighted by molar-refractivity contribution is 6.03. The second-order valence-corrected chi connectivity index (χ2v) is 6.50. The van der Waals surface area contributed by atoms with E-state index in [2.05, 4.69) is 20.5 Å². The molecule has 140 valence electrons. The van der Waals surface area contributed by atoms with E-state index in [1.807, 2.05) is 44.3 Å². The van der Waals surface area contributed by atoms with Gasteiger partial charge in [-0.3, -0.25) is 14.3 Å². The van der Waals surface area contributed by atoms with Crippen LogP contribution in [0.3, 0.4) is 0 Å². The van der Waals surface area contributed by atoms with Crippen LogP contribution >= 0.6 is 0 Å². The number of pyridine rings is 1. The first kappa shape index (κ1) is 17.6. The van der Waals surface area contributed by atoms with E-state index < -0.39 is 11.3 Å². The van der Waals surface area contributed by atoms with Crippen LogP contribution in [0.25, 0.3) is 16.7 Å². The standard InChI is InChI=1S/C20H18N6O2/c1-12-9-17(27)18(24-26(12)15-7-5-4-6-8-15)20(28)22-14-10-16-13(2)23-25(3)19(16)21-11-14/h4-11H,1-3H3,(H,22,28). The van der Waals surface area contributed by atoms with Gasteiger partial charge in [0.25, 0.3) is 5.91 Å². The lowest BCUT2D eigenvalue weighted by Gasteiger charge is -2.11. The Morgan fingerprint density at radius 3 is 2.57 bits per heavy atom. The van der Waals surface area contributed by atoms with Crippen molar-refractivity contribution in [3.05, 3.63) is 76.0 Å². The van der Waals surface area contributed by atoms with Crippen molar-refractivity contribution in [2.75, 3.05) is 5.32 Å². The highest BCUT2D eigenvalue weighted by Gasteiger charge is 2.16. The molecule has 4 rings (SSSR count). The summed E-state index contributed by atoms with van der Waals surface area (Å²) in [6.45, 7) is 3.64. The lowest BCUT2D eigenvalue weighted by Crippen LogP contribution is -2.26. The number of nitrogens with zero attached hydrogens (tertiary/aromatic N) is 5. The number of aromatic nitrogens is 5. The number of rotatable bonds is 3. The Hall–Kier alpha value is -3.81. The zero-order chi connectivity index (χ0) is 19.8. The van der Waals surface area contributed by atoms with E-state index in [1.54, 1.807) is 22.4 Å². The number of anilines is 1. The van der Waals surface area contributed by atoms with Crippen molar-refractivity contribution in [2.24, 2.45) is 7.05 Å². The maximum Gasteiger partial charge on any atom is 0.280 e. The van der Waals surface area contributed by atoms with E-state index in [0.717, 1.165) is 22.4 Å². The van der Waals surface area contributed by atoms with E-state index in [0.29, 0.717) is 11.4 Å². The quantitative estimate of drug-likeness (QED) is 0.594. The van der Waals surface area contributed by atoms with Crippen LogP contribution in [0.1, 0.15) is 21.9 Å². The van der Waals surface area contributed by atoms with Crippen LogP contribution in [0.2, 0.25) is 0 Å². The Bertz CT molecular complexity index is 1260. The number of para-hydroxylation sites is 1. The van der Waals surface area contributed by atoms with Gasteiger partial charge in [-0.05, 0) is 32.0 Å². The van der Waals surface area contributed by atoms with Crippen molar-refractivity contribution in [1.82, 2.24) is 24.5 Å². The molecule has 3 aromatic heterocycles. The van der Waals surface area contributed by atoms with Crippen LogP contribution < -0.4 is 10.7 Å². The number of nitrogens with one attached hydrogen (secondary N) is 1. The Morgan fingerprint density at radius 2 is 1.82 bits per heavy atom. The van der Waals surface area contributed by atoms with Gasteiger partial charge in [0.15, 0.2) is 11.3 Å². The summed E-state index contributed by atoms with van der Waals surface area (Å²) in [6, 6.07) is 12.5. The second kappa shape index (κ2) is 6.73. The van der Waals surface area contributed by atoms with Crippen molar-refractivity contribution >= 4 is 22.6 Å². The summed E-state index contributed by atoms with van der Waals surface area (Å²) in [5.74, 6) is -0.586. The molecule has 0 saturated heterocycles. The molecule has 1 aromatic carbocycles. The third-order valence-electron chi connectivity index (χ3n) is 4.44. The highest BCUT2D eigenvalue weighted by Crippen LogP contribution is 2.19. The van der Waals surface area contributed by atoms with Gasteiger partial charge in [-0.15, -0.1) is 0 Å². The summed E-state index contributed by atoms with van der Waals surface area (Å²) in [5.41, 5.74) is 2.79. The number of hydrogen-bond acceptors (Lipinski definition) is 5. The fourth-order valence-electron chi connectivity index (χ4n) is 3.10. The third kappa shape index (κ3) is 3.05. The summed E-state index contributed by atoms with van der Waals surface area (Å²) < 4.78 is 3.25. The minimum Gasteiger partial charge on any atom is -0.319 e. The predicted octanol–water partition coefficient (Wildman–Crippen LogP) is 2.38. The molecule has 0 bridgehead atoms. The summed E-state index contributed by atoms with van der Waals surface area (Å²) in [5, 5.41) is 12.1. The number of benzene rings is 1. The molecule has 8 nitrogen and oxygen atoms in total. The average Bonchev–Trinajstić information content (AvgIpc) is 2.96. The first-order valence-corrected chi connectivity index (χ1v) is 8.71. The minimum atomic E-state index is -0.586. The molecule has 0 fully saturated rings. The zero-order valence-electron chi connectivity index (χ0n) is 15.7. The number of carbonyl (C=O) groups excluding carboxylic acids is 1. The van der Waals surface area contributed by atoms with E-state index in [-0.39, 0.29) is 5.69 Å². The third-order valence-corrected chi connectivity index (χ3v) is 4.44. The molecule has 3 heterocycles. The fourth-order valence-corrected chi connectivity index (χ4v) is 3.10. The first-order valence-electron chi connectivity index (χ1n) is 8.71. The predicted molar refractivity (Wildman–Crippen MR) is 106 cm³/mol. The Kier molecular flexibility index (Phi) is 4.23. The Labute approximate surface area is 160 Å². The highest BCUT2D eigenvalue weighted by atomic mass is 16.2. The van der Waals surface area contributed by atoms with E-state index in [1.165, 1.54) is 12.3 Å². The molecule has 28 heavy (non-hydrogen) atoms. The SMILES string of the molecule is Cc1nn(C)c2ncc(NC(=O)c3nn(-c4ccccc4)c(C)cc3=O)cc12. The number of hydrogen-bond donors (Lipinski definition) is 1. The van der Waals surface area contributed by atoms with Crippen molar-refractivity contribution < 1.29 is 4.79 Å². The Balaban J connectivity index is 1.70. The van der Waals surface area contributed by atoms with Crippen LogP contribution in [0.5, 0.6) is 0 Å². The molecular weight excluding hydrogens is 356 g/mol. The van der Waals surface area contributed by atoms with Crippen LogP contribution in [-0.2, 0) is 7.05 Å². The summed E-state index contributed by atoms with van der Waals surface area (Å²) in [6.07, 6.45) is 1.53. The van der Waals surface area contributed by atoms with Crippen LogP contribution in [0, 0.1) is 13.8 Å². The monoisotopic (exact) mass is 374 g/mol. The molecule has 0 atom stereocenters. The molecule has 0 spiro atoms. The van der Waals surface area contributed by atoms with E-state index in [9.17, 15) is 9.59 Å². The molecule has 0 unspecified atom stereocenters. The lowest BCUT2D eigenvalue weighted by atomic mass is 10.2. The average molecular weight is 374 g/mol. The van der Waals surface area contributed by atoms with Gasteiger partial charge in [0.05, 0.1) is 23.3 Å². The second-order valence-electron chi connectivity index (χ2n) is 6.50. The first-order chi connectivity index (χ1) is 13.4. The van der Waals surface area contributed by atoms with Gasteiger partial charge in [0, 0.05) is 24.2 Å². The molecule has 8 heteroatoms. The molecule has 0 saturated carbocycles. The summed E-state index contributed by atoms with van der Waals surface area (Å²) in [4.78, 5) is 29.4. The number of fused-ring (bicyclic) bond motifs is 1. The van der Waals surface area contributed by atoms with E-state index in [4.69, 9.17) is 0 Å². The van der Waals surface area contributed by atoms with Crippen LogP contribution in [0.4, 0.5) is 5.69 Å². The normalized spacial score (nSPS) is 11.0. The van der Waals surface area contributed by atoms with Gasteiger partial charge in [0.1, 0.15) is 0 Å². The van der Waals surface area contributed by atoms with E-state index >= 15 is 0 Å². The topological polar surface area (TPSA) is 94.7 Å². The number of aryl methyl sites for hydroxylation is 3. The Morgan fingerprint density at radius 1 is 1.07 bits per heavy atom. The number of carbonyl (C=O) groups is 1. The molecule has 0 aliphatic heterocycles. The van der Waals surface area contributed by atoms with Gasteiger partial charge in [-0.1, -0.05) is 18.2 Å². The van der Waals surface area contributed by atoms with Crippen molar-refractivity contribution in [3.8, 4) is 5.69 Å². The van der Waals surface area contributed by atoms with Crippen molar-refractivity contribution in [2.45, 2.75) is 13.8 Å². The van der Waals surface area contributed by atoms with Gasteiger partial charge in [-0.25, -0.2) is 9.67 Å². The van der Waals surface area contributed by atoms with Gasteiger partial charge >= 0.3 is 0 Å². The molecule has 1 amide bonds. The molecule has 4 aromatic rings. The van der Waals surface area contributed by atoms with Gasteiger partial charge < -0.3 is 5.32 Å². The molecule has 0 aliphatic rings. The van der Waals surface area contributed by atoms with Crippen LogP contribution in [-0.4, -0.2) is 30.5 Å². The number of amides is 1. The maximum absolute atomic E-state index is 12.7. The lowest BCUT2D eigenvalue weighted by molar-refractivity contribution is 0.101. The van der Waals surface area contributed by atoms with Crippen LogP contribution in [0.15, 0.2) is 53.5 Å². The summed E-state index contributed by atoms with van der Waals surface area (Å²) >= 11 is 0. The zero-order valence-corrected chi connectivity index (χ0v) is 15.7. The smallest absolute Gasteiger partial charge is 0.280 e. The molecule has 0 aliphatic carbocycles. The molecular formula is C20H18N6O2.